The number of aromatic nitrogens is 1. The Morgan fingerprint density at radius 1 is 1.21 bits per heavy atom. The van der Waals surface area contributed by atoms with Gasteiger partial charge in [0.15, 0.2) is 5.01 Å². The highest BCUT2D eigenvalue weighted by molar-refractivity contribution is 7.19. The quantitative estimate of drug-likeness (QED) is 0.178. The lowest BCUT2D eigenvalue weighted by atomic mass is 10.0. The molecule has 0 spiro atoms. The third-order valence-corrected chi connectivity index (χ3v) is 7.17. The second-order valence-electron chi connectivity index (χ2n) is 9.08. The molecule has 6 N–H and O–H groups in total. The summed E-state index contributed by atoms with van der Waals surface area (Å²) in [5.74, 6) is -1.49. The van der Waals surface area contributed by atoms with Crippen LogP contribution in [0.4, 0.5) is 5.69 Å². The monoisotopic (exact) mass is 552 g/mol. The van der Waals surface area contributed by atoms with E-state index in [1.165, 1.54) is 30.6 Å². The van der Waals surface area contributed by atoms with Gasteiger partial charge in [0.2, 0.25) is 17.7 Å². The summed E-state index contributed by atoms with van der Waals surface area (Å²) in [6.45, 7) is -0.180. The third kappa shape index (κ3) is 6.80. The largest absolute Gasteiger partial charge is 0.508 e. The molecular weight excluding hydrogens is 524 g/mol. The molecule has 0 aliphatic heterocycles. The Balaban J connectivity index is 1.38. The lowest BCUT2D eigenvalue weighted by Crippen LogP contribution is -2.52. The fraction of sp³-hybridized carbons (Fsp3) is 0.346. The number of anilines is 1. The molecule has 0 bridgehead atoms. The van der Waals surface area contributed by atoms with Crippen LogP contribution in [0.1, 0.15) is 29.3 Å². The van der Waals surface area contributed by atoms with Crippen LogP contribution in [-0.2, 0) is 19.1 Å². The summed E-state index contributed by atoms with van der Waals surface area (Å²) in [6.07, 6.45) is -0.840. The van der Waals surface area contributed by atoms with E-state index in [0.29, 0.717) is 22.6 Å². The molecular formula is C26H28N6O6S. The maximum atomic E-state index is 13.3. The lowest BCUT2D eigenvalue weighted by Gasteiger charge is -2.21. The van der Waals surface area contributed by atoms with Crippen molar-refractivity contribution in [2.45, 2.75) is 30.5 Å². The average molecular weight is 553 g/mol. The highest BCUT2D eigenvalue weighted by Gasteiger charge is 2.61. The van der Waals surface area contributed by atoms with E-state index in [1.807, 2.05) is 6.07 Å². The Labute approximate surface area is 228 Å². The molecule has 2 aromatic carbocycles. The van der Waals surface area contributed by atoms with E-state index in [4.69, 9.17) is 10.00 Å². The van der Waals surface area contributed by atoms with E-state index in [-0.39, 0.29) is 43.7 Å². The number of ether oxygens (including phenoxy) is 1. The molecule has 1 aliphatic carbocycles. The molecule has 13 heteroatoms. The van der Waals surface area contributed by atoms with Gasteiger partial charge in [0.1, 0.15) is 30.2 Å². The van der Waals surface area contributed by atoms with Crippen LogP contribution < -0.4 is 21.3 Å². The van der Waals surface area contributed by atoms with Crippen molar-refractivity contribution in [2.24, 2.45) is 0 Å². The Kier molecular flexibility index (Phi) is 8.60. The average Bonchev–Trinajstić information content (AvgIpc) is 3.48. The molecule has 1 fully saturated rings. The van der Waals surface area contributed by atoms with Gasteiger partial charge in [-0.15, -0.1) is 11.3 Å². The SMILES string of the molecule is COCC(=O)NCCC(=O)NC1(C(=O)NCC(O)Nc2ccc3nc(C#N)sc3c2)CC1c1ccc(O)cc1. The number of amides is 3. The predicted molar refractivity (Wildman–Crippen MR) is 143 cm³/mol. The van der Waals surface area contributed by atoms with Gasteiger partial charge in [-0.05, 0) is 42.3 Å². The number of nitriles is 1. The Bertz CT molecular complexity index is 1400. The summed E-state index contributed by atoms with van der Waals surface area (Å²) in [6, 6.07) is 13.6. The van der Waals surface area contributed by atoms with Crippen LogP contribution in [0.25, 0.3) is 10.2 Å². The van der Waals surface area contributed by atoms with E-state index in [1.54, 1.807) is 30.3 Å². The molecule has 3 aromatic rings. The van der Waals surface area contributed by atoms with Crippen LogP contribution >= 0.6 is 11.3 Å². The number of carbonyl (C=O) groups excluding carboxylic acids is 3. The number of rotatable bonds is 12. The van der Waals surface area contributed by atoms with E-state index in [2.05, 4.69) is 26.3 Å². The molecule has 0 saturated heterocycles. The van der Waals surface area contributed by atoms with Crippen molar-refractivity contribution in [2.75, 3.05) is 32.1 Å². The molecule has 1 heterocycles. The maximum absolute atomic E-state index is 13.3. The number of carbonyl (C=O) groups is 3. The zero-order chi connectivity index (χ0) is 28.0. The number of benzene rings is 2. The minimum atomic E-state index is -1.24. The molecule has 4 rings (SSSR count). The van der Waals surface area contributed by atoms with Crippen molar-refractivity contribution < 1.29 is 29.3 Å². The van der Waals surface area contributed by atoms with Gasteiger partial charge in [-0.1, -0.05) is 12.1 Å². The second-order valence-corrected chi connectivity index (χ2v) is 10.1. The molecule has 0 radical (unpaired) electrons. The summed E-state index contributed by atoms with van der Waals surface area (Å²) in [5, 5.41) is 40.5. The van der Waals surface area contributed by atoms with Crippen molar-refractivity contribution in [3.05, 3.63) is 53.0 Å². The van der Waals surface area contributed by atoms with Crippen LogP contribution in [0.5, 0.6) is 5.75 Å². The number of hydrogen-bond donors (Lipinski definition) is 6. The van der Waals surface area contributed by atoms with Crippen LogP contribution in [-0.4, -0.2) is 71.5 Å². The van der Waals surface area contributed by atoms with Gasteiger partial charge in [-0.3, -0.25) is 14.4 Å². The van der Waals surface area contributed by atoms with Gasteiger partial charge in [0, 0.05) is 31.7 Å². The fourth-order valence-electron chi connectivity index (χ4n) is 4.28. The molecule has 3 unspecified atom stereocenters. The van der Waals surface area contributed by atoms with E-state index in [0.717, 1.165) is 10.3 Å². The van der Waals surface area contributed by atoms with Crippen molar-refractivity contribution in [1.29, 1.82) is 5.26 Å². The standard InChI is InChI=1S/C26H28N6O6S/c1-38-14-23(36)28-9-8-21(34)32-26(11-18(26)15-2-5-17(33)6-3-15)25(37)29-13-22(35)30-16-4-7-19-20(10-16)39-24(12-27)31-19/h2-7,10,18,22,30,33,35H,8-9,11,13-14H2,1H3,(H,28,36)(H,29,37)(H,32,34). The number of aromatic hydroxyl groups is 1. The minimum Gasteiger partial charge on any atom is -0.508 e. The minimum absolute atomic E-state index is 0.0372. The molecule has 39 heavy (non-hydrogen) atoms. The van der Waals surface area contributed by atoms with Gasteiger partial charge >= 0.3 is 0 Å². The van der Waals surface area contributed by atoms with Crippen LogP contribution in [0.15, 0.2) is 42.5 Å². The van der Waals surface area contributed by atoms with Gasteiger partial charge < -0.3 is 36.2 Å². The van der Waals surface area contributed by atoms with Crippen LogP contribution in [0.3, 0.4) is 0 Å². The number of methoxy groups -OCH3 is 1. The highest BCUT2D eigenvalue weighted by Crippen LogP contribution is 2.52. The van der Waals surface area contributed by atoms with Crippen molar-refractivity contribution in [1.82, 2.24) is 20.9 Å². The summed E-state index contributed by atoms with van der Waals surface area (Å²) in [4.78, 5) is 41.7. The van der Waals surface area contributed by atoms with Crippen molar-refractivity contribution >= 4 is 45.0 Å². The number of phenols is 1. The number of thiazole rings is 1. The normalized spacial score (nSPS) is 18.5. The van der Waals surface area contributed by atoms with Gasteiger partial charge in [-0.25, -0.2) is 4.98 Å². The first-order valence-corrected chi connectivity index (χ1v) is 12.9. The van der Waals surface area contributed by atoms with Crippen molar-refractivity contribution in [3.63, 3.8) is 0 Å². The predicted octanol–water partition coefficient (Wildman–Crippen LogP) is 0.915. The topological polar surface area (TPSA) is 186 Å². The smallest absolute Gasteiger partial charge is 0.246 e. The molecule has 3 amide bonds. The van der Waals surface area contributed by atoms with E-state index < -0.39 is 23.6 Å². The maximum Gasteiger partial charge on any atom is 0.246 e. The molecule has 12 nitrogen and oxygen atoms in total. The first-order chi connectivity index (χ1) is 18.7. The molecule has 3 atom stereocenters. The summed E-state index contributed by atoms with van der Waals surface area (Å²) < 4.78 is 5.52. The van der Waals surface area contributed by atoms with Gasteiger partial charge in [0.25, 0.3) is 0 Å². The first-order valence-electron chi connectivity index (χ1n) is 12.1. The summed E-state index contributed by atoms with van der Waals surface area (Å²) in [7, 11) is 1.39. The number of fused-ring (bicyclic) bond motifs is 1. The number of aliphatic hydroxyl groups excluding tert-OH is 1. The fourth-order valence-corrected chi connectivity index (χ4v) is 5.08. The lowest BCUT2D eigenvalue weighted by molar-refractivity contribution is -0.130. The molecule has 1 saturated carbocycles. The van der Waals surface area contributed by atoms with E-state index in [9.17, 15) is 24.6 Å². The van der Waals surface area contributed by atoms with Gasteiger partial charge in [0.05, 0.1) is 16.8 Å². The Morgan fingerprint density at radius 3 is 2.69 bits per heavy atom. The van der Waals surface area contributed by atoms with Crippen LogP contribution in [0, 0.1) is 11.3 Å². The third-order valence-electron chi connectivity index (χ3n) is 6.25. The molecule has 1 aliphatic rings. The van der Waals surface area contributed by atoms with E-state index >= 15 is 0 Å². The first kappa shape index (κ1) is 27.8. The number of hydrogen-bond acceptors (Lipinski definition) is 10. The number of aliphatic hydroxyl groups is 1. The highest BCUT2D eigenvalue weighted by atomic mass is 32.1. The second kappa shape index (κ2) is 12.1. The zero-order valence-electron chi connectivity index (χ0n) is 21.1. The van der Waals surface area contributed by atoms with Crippen molar-refractivity contribution in [3.8, 4) is 11.8 Å². The number of nitrogens with one attached hydrogen (secondary N) is 4. The molecule has 204 valence electrons. The van der Waals surface area contributed by atoms with Gasteiger partial charge in [-0.2, -0.15) is 5.26 Å². The Morgan fingerprint density at radius 2 is 1.97 bits per heavy atom. The number of phenolic OH excluding ortho intramolecular Hbond substituents is 1. The van der Waals surface area contributed by atoms with Crippen LogP contribution in [0.2, 0.25) is 0 Å². The Hall–Kier alpha value is -4.25. The molecule has 1 aromatic heterocycles. The summed E-state index contributed by atoms with van der Waals surface area (Å²) in [5.41, 5.74) is 0.795. The summed E-state index contributed by atoms with van der Waals surface area (Å²) >= 11 is 1.23. The zero-order valence-corrected chi connectivity index (χ0v) is 21.9. The number of nitrogens with zero attached hydrogens (tertiary/aromatic N) is 2.